The first-order valence-electron chi connectivity index (χ1n) is 11.4. The number of fused-ring (bicyclic) bond motifs is 1. The smallest absolute Gasteiger partial charge is 0.306 e. The maximum Gasteiger partial charge on any atom is 0.306 e. The molecule has 0 unspecified atom stereocenters. The molecule has 8 heteroatoms. The van der Waals surface area contributed by atoms with Crippen LogP contribution in [0, 0.1) is 12.8 Å². The van der Waals surface area contributed by atoms with Gasteiger partial charge in [0.1, 0.15) is 11.6 Å². The van der Waals surface area contributed by atoms with Crippen LogP contribution in [0.3, 0.4) is 0 Å². The fraction of sp³-hybridized carbons (Fsp3) is 0.500. The first-order valence-corrected chi connectivity index (χ1v) is 11.4. The molecule has 32 heavy (non-hydrogen) atoms. The average molecular weight is 439 g/mol. The number of hydrogen-bond acceptors (Lipinski definition) is 5. The first kappa shape index (κ1) is 22.0. The van der Waals surface area contributed by atoms with Crippen molar-refractivity contribution in [2.75, 3.05) is 6.61 Å². The number of nitrogens with zero attached hydrogens (tertiary/aromatic N) is 3. The van der Waals surface area contributed by atoms with Crippen LogP contribution in [0.15, 0.2) is 23.0 Å². The highest BCUT2D eigenvalue weighted by Crippen LogP contribution is 2.39. The van der Waals surface area contributed by atoms with E-state index in [-0.39, 0.29) is 17.4 Å². The molecule has 3 aromatic rings. The predicted molar refractivity (Wildman–Crippen MR) is 121 cm³/mol. The van der Waals surface area contributed by atoms with Gasteiger partial charge in [0.25, 0.3) is 5.56 Å². The summed E-state index contributed by atoms with van der Waals surface area (Å²) in [6.45, 7) is 6.31. The molecule has 0 spiro atoms. The molecule has 0 amide bonds. The fourth-order valence-corrected chi connectivity index (χ4v) is 4.68. The Balaban J connectivity index is 1.77. The van der Waals surface area contributed by atoms with Gasteiger partial charge in [0.15, 0.2) is 11.3 Å². The van der Waals surface area contributed by atoms with E-state index in [0.29, 0.717) is 42.2 Å². The molecule has 1 fully saturated rings. The summed E-state index contributed by atoms with van der Waals surface area (Å²) < 4.78 is 7.51. The second-order valence-corrected chi connectivity index (χ2v) is 8.50. The number of carbonyl (C=O) groups is 1. The lowest BCUT2D eigenvalue weighted by atomic mass is 9.78. The molecule has 2 N–H and O–H groups in total. The molecule has 0 saturated heterocycles. The Kier molecular flexibility index (Phi) is 6.30. The molecule has 2 heterocycles. The number of carboxylic acid groups (broad SMARTS) is 1. The topological polar surface area (TPSA) is 110 Å². The van der Waals surface area contributed by atoms with E-state index in [2.05, 4.69) is 16.9 Å². The van der Waals surface area contributed by atoms with Crippen molar-refractivity contribution in [2.24, 2.45) is 5.92 Å². The number of carboxylic acids is 1. The molecule has 2 aromatic heterocycles. The maximum atomic E-state index is 12.9. The van der Waals surface area contributed by atoms with Gasteiger partial charge in [0.2, 0.25) is 0 Å². The zero-order valence-electron chi connectivity index (χ0n) is 18.9. The Bertz CT molecular complexity index is 1190. The molecule has 1 aliphatic rings. The number of imidazole rings is 1. The van der Waals surface area contributed by atoms with E-state index in [1.807, 2.05) is 32.0 Å². The highest BCUT2D eigenvalue weighted by molar-refractivity contribution is 5.70. The van der Waals surface area contributed by atoms with Gasteiger partial charge < -0.3 is 14.8 Å². The lowest BCUT2D eigenvalue weighted by molar-refractivity contribution is -0.142. The number of nitrogens with one attached hydrogen (secondary N) is 1. The Hall–Kier alpha value is -3.16. The van der Waals surface area contributed by atoms with Crippen molar-refractivity contribution < 1.29 is 14.6 Å². The summed E-state index contributed by atoms with van der Waals surface area (Å²) in [5.41, 5.74) is 2.77. The third-order valence-corrected chi connectivity index (χ3v) is 6.32. The van der Waals surface area contributed by atoms with E-state index in [1.165, 1.54) is 0 Å². The van der Waals surface area contributed by atoms with E-state index in [0.717, 1.165) is 42.6 Å². The van der Waals surface area contributed by atoms with Crippen LogP contribution in [0.5, 0.6) is 5.75 Å². The van der Waals surface area contributed by atoms with Crippen molar-refractivity contribution in [3.63, 3.8) is 0 Å². The largest absolute Gasteiger partial charge is 0.493 e. The van der Waals surface area contributed by atoms with Gasteiger partial charge in [-0.2, -0.15) is 0 Å². The van der Waals surface area contributed by atoms with Crippen molar-refractivity contribution in [3.8, 4) is 17.1 Å². The summed E-state index contributed by atoms with van der Waals surface area (Å²) in [6.07, 6.45) is 4.65. The van der Waals surface area contributed by atoms with Crippen LogP contribution in [0.2, 0.25) is 0 Å². The molecule has 8 nitrogen and oxygen atoms in total. The molecule has 1 saturated carbocycles. The Labute approximate surface area is 186 Å². The van der Waals surface area contributed by atoms with Crippen LogP contribution in [0.1, 0.15) is 69.0 Å². The van der Waals surface area contributed by atoms with E-state index < -0.39 is 5.97 Å². The second kappa shape index (κ2) is 9.14. The van der Waals surface area contributed by atoms with Crippen molar-refractivity contribution in [1.29, 1.82) is 0 Å². The van der Waals surface area contributed by atoms with E-state index >= 15 is 0 Å². The normalized spacial score (nSPS) is 18.7. The predicted octanol–water partition coefficient (Wildman–Crippen LogP) is 4.10. The Morgan fingerprint density at radius 3 is 2.66 bits per heavy atom. The molecule has 0 radical (unpaired) electrons. The fourth-order valence-electron chi connectivity index (χ4n) is 4.68. The summed E-state index contributed by atoms with van der Waals surface area (Å²) in [5, 5.41) is 14.0. The second-order valence-electron chi connectivity index (χ2n) is 8.50. The molecular weight excluding hydrogens is 408 g/mol. The number of rotatable bonds is 7. The molecular formula is C24H30N4O4. The number of benzene rings is 1. The van der Waals surface area contributed by atoms with Crippen LogP contribution >= 0.6 is 0 Å². The lowest BCUT2D eigenvalue weighted by Crippen LogP contribution is -2.20. The van der Waals surface area contributed by atoms with Gasteiger partial charge in [-0.05, 0) is 69.6 Å². The SMILES string of the molecule is CCCc1nc(C)c2c(=O)[nH]c(-c3cc(C4CCC(C(=O)O)CC4)ccc3OCC)nn12. The summed E-state index contributed by atoms with van der Waals surface area (Å²) >= 11 is 0. The van der Waals surface area contributed by atoms with Gasteiger partial charge in [0, 0.05) is 6.42 Å². The van der Waals surface area contributed by atoms with E-state index in [9.17, 15) is 14.7 Å². The van der Waals surface area contributed by atoms with Gasteiger partial charge >= 0.3 is 5.97 Å². The Morgan fingerprint density at radius 2 is 2.00 bits per heavy atom. The zero-order chi connectivity index (χ0) is 22.8. The quantitative estimate of drug-likeness (QED) is 0.575. The van der Waals surface area contributed by atoms with Gasteiger partial charge in [-0.25, -0.2) is 9.50 Å². The van der Waals surface area contributed by atoms with Crippen LogP contribution in [0.25, 0.3) is 16.9 Å². The first-order chi connectivity index (χ1) is 15.4. The highest BCUT2D eigenvalue weighted by Gasteiger charge is 2.27. The number of ether oxygens (including phenoxy) is 1. The van der Waals surface area contributed by atoms with Crippen molar-refractivity contribution in [3.05, 3.63) is 45.6 Å². The zero-order valence-corrected chi connectivity index (χ0v) is 18.9. The summed E-state index contributed by atoms with van der Waals surface area (Å²) in [7, 11) is 0. The third kappa shape index (κ3) is 4.13. The summed E-state index contributed by atoms with van der Waals surface area (Å²) in [6, 6.07) is 6.00. The third-order valence-electron chi connectivity index (χ3n) is 6.32. The van der Waals surface area contributed by atoms with Gasteiger partial charge in [-0.3, -0.25) is 9.59 Å². The standard InChI is InChI=1S/C24H30N4O4/c1-4-6-20-25-14(3)21-23(29)26-22(27-28(20)21)18-13-17(11-12-19(18)32-5-2)15-7-9-16(10-8-15)24(30)31/h11-13,15-16H,4-10H2,1-3H3,(H,30,31)(H,26,27,29). The minimum Gasteiger partial charge on any atom is -0.493 e. The van der Waals surface area contributed by atoms with Gasteiger partial charge in [-0.1, -0.05) is 13.0 Å². The van der Waals surface area contributed by atoms with Crippen LogP contribution in [-0.2, 0) is 11.2 Å². The summed E-state index contributed by atoms with van der Waals surface area (Å²) in [5.74, 6) is 1.20. The highest BCUT2D eigenvalue weighted by atomic mass is 16.5. The van der Waals surface area contributed by atoms with Gasteiger partial charge in [0.05, 0.1) is 23.8 Å². The number of aliphatic carboxylic acids is 1. The molecule has 0 bridgehead atoms. The number of aryl methyl sites for hydroxylation is 2. The molecule has 0 atom stereocenters. The number of H-pyrrole nitrogens is 1. The van der Waals surface area contributed by atoms with E-state index in [1.54, 1.807) is 4.52 Å². The summed E-state index contributed by atoms with van der Waals surface area (Å²) in [4.78, 5) is 31.7. The van der Waals surface area contributed by atoms with Crippen LogP contribution < -0.4 is 10.3 Å². The minimum absolute atomic E-state index is 0.225. The molecule has 170 valence electrons. The number of hydrogen-bond donors (Lipinski definition) is 2. The Morgan fingerprint density at radius 1 is 1.25 bits per heavy atom. The van der Waals surface area contributed by atoms with Crippen molar-refractivity contribution >= 4 is 11.5 Å². The minimum atomic E-state index is -0.704. The molecule has 4 rings (SSSR count). The number of aromatic nitrogens is 4. The molecule has 1 aromatic carbocycles. The van der Waals surface area contributed by atoms with E-state index in [4.69, 9.17) is 9.84 Å². The number of aromatic amines is 1. The monoisotopic (exact) mass is 438 g/mol. The van der Waals surface area contributed by atoms with Crippen LogP contribution in [0.4, 0.5) is 0 Å². The molecule has 1 aliphatic carbocycles. The average Bonchev–Trinajstić information content (AvgIpc) is 3.10. The van der Waals surface area contributed by atoms with Crippen molar-refractivity contribution in [2.45, 2.75) is 65.2 Å². The van der Waals surface area contributed by atoms with Crippen LogP contribution in [-0.4, -0.2) is 37.3 Å². The molecule has 0 aliphatic heterocycles. The lowest BCUT2D eigenvalue weighted by Gasteiger charge is -2.27. The van der Waals surface area contributed by atoms with Crippen molar-refractivity contribution in [1.82, 2.24) is 19.6 Å². The van der Waals surface area contributed by atoms with Gasteiger partial charge in [-0.15, -0.1) is 5.10 Å². The maximum absolute atomic E-state index is 12.9.